The summed E-state index contributed by atoms with van der Waals surface area (Å²) < 4.78 is 0. The third-order valence-corrected chi connectivity index (χ3v) is 4.75. The van der Waals surface area contributed by atoms with Gasteiger partial charge in [-0.05, 0) is 12.3 Å². The fraction of sp³-hybridized carbons (Fsp3) is 0.846. The van der Waals surface area contributed by atoms with Crippen molar-refractivity contribution in [3.05, 3.63) is 0 Å². The van der Waals surface area contributed by atoms with Crippen molar-refractivity contribution >= 4 is 36.0 Å². The third-order valence-electron chi connectivity index (χ3n) is 3.38. The maximum absolute atomic E-state index is 12.0. The van der Waals surface area contributed by atoms with Crippen molar-refractivity contribution < 1.29 is 9.59 Å². The van der Waals surface area contributed by atoms with Gasteiger partial charge in [-0.25, -0.2) is 0 Å². The van der Waals surface area contributed by atoms with E-state index in [1.54, 1.807) is 0 Å². The van der Waals surface area contributed by atoms with Crippen molar-refractivity contribution in [1.82, 2.24) is 10.2 Å². The van der Waals surface area contributed by atoms with Gasteiger partial charge in [0.1, 0.15) is 0 Å². The first-order valence-corrected chi connectivity index (χ1v) is 7.93. The van der Waals surface area contributed by atoms with E-state index in [1.165, 1.54) is 0 Å². The van der Waals surface area contributed by atoms with Crippen LogP contribution in [0.15, 0.2) is 0 Å². The average Bonchev–Trinajstić information content (AvgIpc) is 2.43. The summed E-state index contributed by atoms with van der Waals surface area (Å²) in [5, 5.41) is 3.15. The van der Waals surface area contributed by atoms with Crippen LogP contribution in [0, 0.1) is 5.92 Å². The molecule has 2 amide bonds. The molecule has 0 spiro atoms. The van der Waals surface area contributed by atoms with Crippen molar-refractivity contribution in [3.63, 3.8) is 0 Å². The summed E-state index contributed by atoms with van der Waals surface area (Å²) in [6.45, 7) is 7.52. The maximum atomic E-state index is 12.0. The summed E-state index contributed by atoms with van der Waals surface area (Å²) in [4.78, 5) is 25.5. The molecule has 1 unspecified atom stereocenters. The van der Waals surface area contributed by atoms with Gasteiger partial charge in [0.2, 0.25) is 11.8 Å². The number of carbonyl (C=O) groups excluding carboxylic acids is 2. The molecule has 5 nitrogen and oxygen atoms in total. The van der Waals surface area contributed by atoms with Crippen LogP contribution in [0.25, 0.3) is 0 Å². The van der Waals surface area contributed by atoms with Crippen LogP contribution in [0.2, 0.25) is 0 Å². The first-order valence-electron chi connectivity index (χ1n) is 6.88. The summed E-state index contributed by atoms with van der Waals surface area (Å²) in [5.41, 5.74) is 5.73. The monoisotopic (exact) mass is 323 g/mol. The van der Waals surface area contributed by atoms with Gasteiger partial charge in [0, 0.05) is 24.1 Å². The van der Waals surface area contributed by atoms with Gasteiger partial charge < -0.3 is 16.0 Å². The molecule has 1 rings (SSSR count). The lowest BCUT2D eigenvalue weighted by Crippen LogP contribution is -2.50. The largest absolute Gasteiger partial charge is 0.346 e. The highest BCUT2D eigenvalue weighted by molar-refractivity contribution is 8.00. The SMILES string of the molecule is CCC1CN(C(=O)CNC(=O)[C@@H](N)C(C)C)CCS1.Cl. The molecule has 0 radical (unpaired) electrons. The van der Waals surface area contributed by atoms with Gasteiger partial charge in [-0.2, -0.15) is 11.8 Å². The molecule has 0 saturated carbocycles. The van der Waals surface area contributed by atoms with E-state index >= 15 is 0 Å². The number of hydrogen-bond acceptors (Lipinski definition) is 4. The molecule has 2 atom stereocenters. The molecule has 1 aliphatic rings. The summed E-state index contributed by atoms with van der Waals surface area (Å²) in [6.07, 6.45) is 1.07. The van der Waals surface area contributed by atoms with Crippen LogP contribution in [0.4, 0.5) is 0 Å². The second kappa shape index (κ2) is 9.47. The molecule has 1 fully saturated rings. The summed E-state index contributed by atoms with van der Waals surface area (Å²) in [5.74, 6) is 0.791. The predicted molar refractivity (Wildman–Crippen MR) is 86.2 cm³/mol. The second-order valence-electron chi connectivity index (χ2n) is 5.23. The second-order valence-corrected chi connectivity index (χ2v) is 6.64. The number of hydrogen-bond donors (Lipinski definition) is 2. The zero-order chi connectivity index (χ0) is 14.4. The Bertz CT molecular complexity index is 329. The normalized spacial score (nSPS) is 20.2. The van der Waals surface area contributed by atoms with E-state index in [1.807, 2.05) is 30.5 Å². The zero-order valence-corrected chi connectivity index (χ0v) is 14.1. The van der Waals surface area contributed by atoms with E-state index in [0.717, 1.165) is 25.3 Å². The van der Waals surface area contributed by atoms with E-state index < -0.39 is 6.04 Å². The van der Waals surface area contributed by atoms with Crippen molar-refractivity contribution in [2.45, 2.75) is 38.5 Å². The minimum absolute atomic E-state index is 0. The van der Waals surface area contributed by atoms with Crippen molar-refractivity contribution in [2.24, 2.45) is 11.7 Å². The molecule has 1 saturated heterocycles. The molecule has 0 aliphatic carbocycles. The van der Waals surface area contributed by atoms with E-state index in [4.69, 9.17) is 5.73 Å². The van der Waals surface area contributed by atoms with Gasteiger partial charge in [-0.15, -0.1) is 12.4 Å². The molecule has 1 aliphatic heterocycles. The Morgan fingerprint density at radius 1 is 1.45 bits per heavy atom. The van der Waals surface area contributed by atoms with Crippen molar-refractivity contribution in [1.29, 1.82) is 0 Å². The summed E-state index contributed by atoms with van der Waals surface area (Å²) in [7, 11) is 0. The van der Waals surface area contributed by atoms with Gasteiger partial charge in [-0.1, -0.05) is 20.8 Å². The standard InChI is InChI=1S/C13H25N3O2S.ClH/c1-4-10-8-16(5-6-19-10)11(17)7-15-13(18)12(14)9(2)3;/h9-10,12H,4-8,14H2,1-3H3,(H,15,18);1H/t10?,12-;/m0./s1. The van der Waals surface area contributed by atoms with Gasteiger partial charge in [0.15, 0.2) is 0 Å². The Labute approximate surface area is 131 Å². The van der Waals surface area contributed by atoms with Crippen LogP contribution in [-0.2, 0) is 9.59 Å². The van der Waals surface area contributed by atoms with E-state index in [0.29, 0.717) is 5.25 Å². The molecule has 118 valence electrons. The summed E-state index contributed by atoms with van der Waals surface area (Å²) >= 11 is 1.92. The quantitative estimate of drug-likeness (QED) is 0.787. The van der Waals surface area contributed by atoms with Crippen molar-refractivity contribution in [3.8, 4) is 0 Å². The number of nitrogens with zero attached hydrogens (tertiary/aromatic N) is 1. The van der Waals surface area contributed by atoms with Crippen LogP contribution in [0.3, 0.4) is 0 Å². The molecule has 1 heterocycles. The molecular formula is C13H26ClN3O2S. The fourth-order valence-electron chi connectivity index (χ4n) is 1.89. The first-order chi connectivity index (χ1) is 8.95. The Kier molecular flexibility index (Phi) is 9.25. The molecule has 0 aromatic heterocycles. The van der Waals surface area contributed by atoms with Gasteiger partial charge >= 0.3 is 0 Å². The van der Waals surface area contributed by atoms with Crippen LogP contribution in [-0.4, -0.2) is 53.4 Å². The van der Waals surface area contributed by atoms with E-state index in [9.17, 15) is 9.59 Å². The number of nitrogens with one attached hydrogen (secondary N) is 1. The Hall–Kier alpha value is -0.460. The van der Waals surface area contributed by atoms with Crippen LogP contribution in [0.5, 0.6) is 0 Å². The van der Waals surface area contributed by atoms with E-state index in [-0.39, 0.29) is 36.7 Å². The van der Waals surface area contributed by atoms with Gasteiger partial charge in [0.05, 0.1) is 12.6 Å². The number of halogens is 1. The fourth-order valence-corrected chi connectivity index (χ4v) is 3.07. The van der Waals surface area contributed by atoms with E-state index in [2.05, 4.69) is 12.2 Å². The highest BCUT2D eigenvalue weighted by Crippen LogP contribution is 2.20. The Morgan fingerprint density at radius 2 is 2.10 bits per heavy atom. The number of thioether (sulfide) groups is 1. The van der Waals surface area contributed by atoms with Crippen LogP contribution in [0.1, 0.15) is 27.2 Å². The lowest BCUT2D eigenvalue weighted by molar-refractivity contribution is -0.133. The van der Waals surface area contributed by atoms with Gasteiger partial charge in [-0.3, -0.25) is 9.59 Å². The minimum Gasteiger partial charge on any atom is -0.346 e. The maximum Gasteiger partial charge on any atom is 0.242 e. The lowest BCUT2D eigenvalue weighted by Gasteiger charge is -2.32. The highest BCUT2D eigenvalue weighted by atomic mass is 35.5. The Morgan fingerprint density at radius 3 is 2.65 bits per heavy atom. The molecule has 3 N–H and O–H groups in total. The Balaban J connectivity index is 0.00000361. The zero-order valence-electron chi connectivity index (χ0n) is 12.4. The number of amides is 2. The van der Waals surface area contributed by atoms with Crippen LogP contribution < -0.4 is 11.1 Å². The predicted octanol–water partition coefficient (Wildman–Crippen LogP) is 0.862. The minimum atomic E-state index is -0.548. The smallest absolute Gasteiger partial charge is 0.242 e. The highest BCUT2D eigenvalue weighted by Gasteiger charge is 2.24. The van der Waals surface area contributed by atoms with Crippen molar-refractivity contribution in [2.75, 3.05) is 25.4 Å². The number of carbonyl (C=O) groups is 2. The topological polar surface area (TPSA) is 75.4 Å². The molecule has 0 aromatic rings. The van der Waals surface area contributed by atoms with Gasteiger partial charge in [0.25, 0.3) is 0 Å². The number of rotatable bonds is 5. The van der Waals surface area contributed by atoms with Crippen LogP contribution >= 0.6 is 24.2 Å². The first kappa shape index (κ1) is 19.5. The average molecular weight is 324 g/mol. The molecule has 0 bridgehead atoms. The number of nitrogens with two attached hydrogens (primary N) is 1. The molecule has 7 heteroatoms. The summed E-state index contributed by atoms with van der Waals surface area (Å²) in [6, 6.07) is -0.548. The molecule has 0 aromatic carbocycles. The third kappa shape index (κ3) is 5.89. The lowest BCUT2D eigenvalue weighted by atomic mass is 10.1. The molecular weight excluding hydrogens is 298 g/mol. The molecule has 20 heavy (non-hydrogen) atoms.